The standard InChI is InChI=1S/C19H23N3O3/c1-11-7-15(13(3)20)19-16(8-11)17(23)12(2)18(25-19)14-9-21-22(10-14)5-6-24-4/h7-10,13H,5-6,20H2,1-4H3/t13-/m1/s1. The lowest BCUT2D eigenvalue weighted by atomic mass is 10.00. The molecule has 132 valence electrons. The van der Waals surface area contributed by atoms with Crippen LogP contribution in [0.4, 0.5) is 0 Å². The van der Waals surface area contributed by atoms with Gasteiger partial charge in [0.2, 0.25) is 0 Å². The summed E-state index contributed by atoms with van der Waals surface area (Å²) in [5.74, 6) is 0.534. The Bertz CT molecular complexity index is 970. The van der Waals surface area contributed by atoms with E-state index >= 15 is 0 Å². The number of benzene rings is 1. The van der Waals surface area contributed by atoms with Gasteiger partial charge in [-0.3, -0.25) is 9.48 Å². The van der Waals surface area contributed by atoms with Gasteiger partial charge in [-0.1, -0.05) is 6.07 Å². The van der Waals surface area contributed by atoms with Crippen LogP contribution in [0.1, 0.15) is 29.7 Å². The summed E-state index contributed by atoms with van der Waals surface area (Å²) in [5, 5.41) is 4.87. The van der Waals surface area contributed by atoms with Crippen molar-refractivity contribution in [2.45, 2.75) is 33.4 Å². The van der Waals surface area contributed by atoms with Gasteiger partial charge < -0.3 is 14.9 Å². The van der Waals surface area contributed by atoms with Crippen molar-refractivity contribution in [1.82, 2.24) is 9.78 Å². The summed E-state index contributed by atoms with van der Waals surface area (Å²) in [6, 6.07) is 3.59. The van der Waals surface area contributed by atoms with E-state index in [4.69, 9.17) is 14.9 Å². The number of rotatable bonds is 5. The van der Waals surface area contributed by atoms with Crippen LogP contribution in [0.25, 0.3) is 22.3 Å². The predicted octanol–water partition coefficient (Wildman–Crippen LogP) is 2.94. The molecule has 0 bridgehead atoms. The lowest BCUT2D eigenvalue weighted by Gasteiger charge is -2.13. The summed E-state index contributed by atoms with van der Waals surface area (Å²) in [6.07, 6.45) is 3.56. The van der Waals surface area contributed by atoms with Gasteiger partial charge in [0.05, 0.1) is 30.3 Å². The van der Waals surface area contributed by atoms with E-state index in [2.05, 4.69) is 5.10 Å². The van der Waals surface area contributed by atoms with E-state index in [1.807, 2.05) is 32.2 Å². The first-order valence-corrected chi connectivity index (χ1v) is 8.27. The maximum atomic E-state index is 12.9. The van der Waals surface area contributed by atoms with E-state index in [1.165, 1.54) is 0 Å². The molecule has 0 fully saturated rings. The van der Waals surface area contributed by atoms with Gasteiger partial charge in [0.25, 0.3) is 0 Å². The zero-order chi connectivity index (χ0) is 18.1. The number of aryl methyl sites for hydroxylation is 1. The average Bonchev–Trinajstić information content (AvgIpc) is 3.04. The molecule has 2 aromatic heterocycles. The van der Waals surface area contributed by atoms with Crippen molar-refractivity contribution in [3.8, 4) is 11.3 Å². The Morgan fingerprint density at radius 2 is 2.12 bits per heavy atom. The van der Waals surface area contributed by atoms with E-state index < -0.39 is 0 Å². The number of hydrogen-bond acceptors (Lipinski definition) is 5. The van der Waals surface area contributed by atoms with Crippen LogP contribution in [0.15, 0.2) is 33.7 Å². The molecule has 3 aromatic rings. The van der Waals surface area contributed by atoms with E-state index in [0.29, 0.717) is 35.4 Å². The second-order valence-electron chi connectivity index (χ2n) is 6.39. The molecular formula is C19H23N3O3. The minimum Gasteiger partial charge on any atom is -0.455 e. The summed E-state index contributed by atoms with van der Waals surface area (Å²) in [5.41, 5.74) is 9.77. The molecule has 0 aliphatic heterocycles. The van der Waals surface area contributed by atoms with Gasteiger partial charge >= 0.3 is 0 Å². The van der Waals surface area contributed by atoms with Crippen LogP contribution in [0, 0.1) is 13.8 Å². The molecule has 6 heteroatoms. The van der Waals surface area contributed by atoms with Crippen molar-refractivity contribution in [3.63, 3.8) is 0 Å². The molecule has 0 saturated carbocycles. The molecular weight excluding hydrogens is 318 g/mol. The van der Waals surface area contributed by atoms with Crippen LogP contribution in [0.2, 0.25) is 0 Å². The molecule has 2 N–H and O–H groups in total. The summed E-state index contributed by atoms with van der Waals surface area (Å²) >= 11 is 0. The SMILES string of the molecule is COCCn1cc(-c2oc3c([C@@H](C)N)cc(C)cc3c(=O)c2C)cn1. The normalized spacial score (nSPS) is 12.7. The molecule has 0 amide bonds. The largest absolute Gasteiger partial charge is 0.455 e. The summed E-state index contributed by atoms with van der Waals surface area (Å²) in [4.78, 5) is 12.9. The molecule has 2 heterocycles. The fourth-order valence-corrected chi connectivity index (χ4v) is 2.97. The molecule has 0 aliphatic carbocycles. The van der Waals surface area contributed by atoms with Crippen molar-refractivity contribution < 1.29 is 9.15 Å². The van der Waals surface area contributed by atoms with Gasteiger partial charge in [-0.05, 0) is 32.4 Å². The molecule has 6 nitrogen and oxygen atoms in total. The maximum Gasteiger partial charge on any atom is 0.196 e. The number of ether oxygens (including phenoxy) is 1. The Morgan fingerprint density at radius 3 is 2.80 bits per heavy atom. The molecule has 0 spiro atoms. The lowest BCUT2D eigenvalue weighted by Crippen LogP contribution is -2.12. The highest BCUT2D eigenvalue weighted by atomic mass is 16.5. The third-order valence-electron chi connectivity index (χ3n) is 4.30. The Morgan fingerprint density at radius 1 is 1.36 bits per heavy atom. The molecule has 25 heavy (non-hydrogen) atoms. The number of fused-ring (bicyclic) bond motifs is 1. The highest BCUT2D eigenvalue weighted by Gasteiger charge is 2.18. The van der Waals surface area contributed by atoms with Gasteiger partial charge in [-0.25, -0.2) is 0 Å². The van der Waals surface area contributed by atoms with Gasteiger partial charge in [0, 0.05) is 30.5 Å². The van der Waals surface area contributed by atoms with Gasteiger partial charge in [-0.15, -0.1) is 0 Å². The Hall–Kier alpha value is -2.44. The smallest absolute Gasteiger partial charge is 0.196 e. The van der Waals surface area contributed by atoms with E-state index in [9.17, 15) is 4.79 Å². The fraction of sp³-hybridized carbons (Fsp3) is 0.368. The number of aromatic nitrogens is 2. The van der Waals surface area contributed by atoms with Crippen LogP contribution in [-0.2, 0) is 11.3 Å². The molecule has 0 unspecified atom stereocenters. The van der Waals surface area contributed by atoms with Gasteiger partial charge in [-0.2, -0.15) is 5.10 Å². The topological polar surface area (TPSA) is 83.3 Å². The van der Waals surface area contributed by atoms with Crippen molar-refractivity contribution in [2.75, 3.05) is 13.7 Å². The minimum absolute atomic E-state index is 0.0357. The molecule has 1 atom stereocenters. The lowest BCUT2D eigenvalue weighted by molar-refractivity contribution is 0.183. The van der Waals surface area contributed by atoms with Crippen LogP contribution in [0.3, 0.4) is 0 Å². The summed E-state index contributed by atoms with van der Waals surface area (Å²) in [7, 11) is 1.65. The van der Waals surface area contributed by atoms with Crippen molar-refractivity contribution in [1.29, 1.82) is 0 Å². The highest BCUT2D eigenvalue weighted by molar-refractivity contribution is 5.84. The third kappa shape index (κ3) is 3.23. The second-order valence-corrected chi connectivity index (χ2v) is 6.39. The van der Waals surface area contributed by atoms with Crippen LogP contribution in [-0.4, -0.2) is 23.5 Å². The predicted molar refractivity (Wildman–Crippen MR) is 97.7 cm³/mol. The summed E-state index contributed by atoms with van der Waals surface area (Å²) in [6.45, 7) is 6.82. The molecule has 1 aromatic carbocycles. The van der Waals surface area contributed by atoms with E-state index in [1.54, 1.807) is 24.9 Å². The Kier molecular flexibility index (Phi) is 4.74. The fourth-order valence-electron chi connectivity index (χ4n) is 2.97. The highest BCUT2D eigenvalue weighted by Crippen LogP contribution is 2.29. The van der Waals surface area contributed by atoms with Crippen molar-refractivity contribution in [3.05, 3.63) is 51.4 Å². The zero-order valence-electron chi connectivity index (χ0n) is 15.0. The number of methoxy groups -OCH3 is 1. The maximum absolute atomic E-state index is 12.9. The first-order valence-electron chi connectivity index (χ1n) is 8.27. The molecule has 0 radical (unpaired) electrons. The van der Waals surface area contributed by atoms with Crippen molar-refractivity contribution >= 4 is 11.0 Å². The Labute approximate surface area is 146 Å². The first kappa shape index (κ1) is 17.4. The number of nitrogens with zero attached hydrogens (tertiary/aromatic N) is 2. The van der Waals surface area contributed by atoms with Gasteiger partial charge in [0.15, 0.2) is 5.43 Å². The van der Waals surface area contributed by atoms with Crippen molar-refractivity contribution in [2.24, 2.45) is 5.73 Å². The van der Waals surface area contributed by atoms with Gasteiger partial charge in [0.1, 0.15) is 11.3 Å². The number of hydrogen-bond donors (Lipinski definition) is 1. The second kappa shape index (κ2) is 6.82. The molecule has 0 saturated heterocycles. The third-order valence-corrected chi connectivity index (χ3v) is 4.30. The van der Waals surface area contributed by atoms with E-state index in [0.717, 1.165) is 16.7 Å². The van der Waals surface area contributed by atoms with Crippen LogP contribution >= 0.6 is 0 Å². The van der Waals surface area contributed by atoms with E-state index in [-0.39, 0.29) is 11.5 Å². The Balaban J connectivity index is 2.21. The molecule has 0 aliphatic rings. The van der Waals surface area contributed by atoms with Crippen LogP contribution < -0.4 is 11.2 Å². The summed E-state index contributed by atoms with van der Waals surface area (Å²) < 4.78 is 13.0. The zero-order valence-corrected chi connectivity index (χ0v) is 15.0. The average molecular weight is 341 g/mol. The first-order chi connectivity index (χ1) is 11.9. The molecule has 3 rings (SSSR count). The monoisotopic (exact) mass is 341 g/mol. The van der Waals surface area contributed by atoms with Crippen LogP contribution in [0.5, 0.6) is 0 Å². The minimum atomic E-state index is -0.231. The quantitative estimate of drug-likeness (QED) is 0.771. The number of nitrogens with two attached hydrogens (primary N) is 1.